The van der Waals surface area contributed by atoms with Gasteiger partial charge in [-0.25, -0.2) is 0 Å². The van der Waals surface area contributed by atoms with Gasteiger partial charge in [-0.05, 0) is 43.4 Å². The largest absolute Gasteiger partial charge is 0.493 e. The SMILES string of the molecule is Cc1cccc(OCCC(=O)N[C@@H](CC(C)C)C(=O)NCCO)c1C. The molecule has 2 amide bonds. The maximum atomic E-state index is 12.1. The highest BCUT2D eigenvalue weighted by atomic mass is 16.5. The van der Waals surface area contributed by atoms with Gasteiger partial charge in [0, 0.05) is 6.54 Å². The summed E-state index contributed by atoms with van der Waals surface area (Å²) in [5.74, 6) is 0.533. The maximum Gasteiger partial charge on any atom is 0.242 e. The Bertz CT molecular complexity index is 573. The van der Waals surface area contributed by atoms with E-state index in [1.54, 1.807) is 0 Å². The molecule has 0 spiro atoms. The Balaban J connectivity index is 2.50. The van der Waals surface area contributed by atoms with Gasteiger partial charge in [0.25, 0.3) is 0 Å². The quantitative estimate of drug-likeness (QED) is 0.599. The number of aliphatic hydroxyl groups excluding tert-OH is 1. The first-order valence-electron chi connectivity index (χ1n) is 8.72. The molecule has 0 aliphatic carbocycles. The Morgan fingerprint density at radius 3 is 2.60 bits per heavy atom. The number of amides is 2. The normalized spacial score (nSPS) is 11.9. The molecule has 3 N–H and O–H groups in total. The van der Waals surface area contributed by atoms with Crippen LogP contribution in [0.2, 0.25) is 0 Å². The number of aryl methyl sites for hydroxylation is 1. The molecule has 0 aliphatic heterocycles. The first-order valence-corrected chi connectivity index (χ1v) is 8.72. The van der Waals surface area contributed by atoms with E-state index in [0.717, 1.165) is 16.9 Å². The molecular weight excluding hydrogens is 320 g/mol. The Morgan fingerprint density at radius 2 is 1.96 bits per heavy atom. The molecule has 140 valence electrons. The molecule has 6 nitrogen and oxygen atoms in total. The van der Waals surface area contributed by atoms with E-state index >= 15 is 0 Å². The molecule has 0 aromatic heterocycles. The fourth-order valence-corrected chi connectivity index (χ4v) is 2.41. The Morgan fingerprint density at radius 1 is 1.24 bits per heavy atom. The standard InChI is InChI=1S/C19H30N2O4/c1-13(2)12-16(19(24)20-9-10-22)21-18(23)8-11-25-17-7-5-6-14(3)15(17)4/h5-7,13,16,22H,8-12H2,1-4H3,(H,20,24)(H,21,23)/t16-/m0/s1. The van der Waals surface area contributed by atoms with Gasteiger partial charge in [0.2, 0.25) is 11.8 Å². The molecule has 0 unspecified atom stereocenters. The van der Waals surface area contributed by atoms with Crippen LogP contribution in [0.5, 0.6) is 5.75 Å². The molecular formula is C19H30N2O4. The van der Waals surface area contributed by atoms with Crippen LogP contribution in [0.4, 0.5) is 0 Å². The number of ether oxygens (including phenoxy) is 1. The van der Waals surface area contributed by atoms with Crippen LogP contribution in [0.15, 0.2) is 18.2 Å². The Hall–Kier alpha value is -2.08. The minimum atomic E-state index is -0.597. The van der Waals surface area contributed by atoms with Crippen molar-refractivity contribution in [1.82, 2.24) is 10.6 Å². The second-order valence-corrected chi connectivity index (χ2v) is 6.56. The van der Waals surface area contributed by atoms with Gasteiger partial charge in [0.05, 0.1) is 19.6 Å². The summed E-state index contributed by atoms with van der Waals surface area (Å²) in [6.07, 6.45) is 0.718. The molecule has 0 saturated carbocycles. The lowest BCUT2D eigenvalue weighted by atomic mass is 10.0. The van der Waals surface area contributed by atoms with Crippen LogP contribution in [0, 0.1) is 19.8 Å². The minimum Gasteiger partial charge on any atom is -0.493 e. The molecule has 6 heteroatoms. The Labute approximate surface area is 150 Å². The smallest absolute Gasteiger partial charge is 0.242 e. The third-order valence-electron chi connectivity index (χ3n) is 3.91. The predicted octanol–water partition coefficient (Wildman–Crippen LogP) is 1.71. The van der Waals surface area contributed by atoms with Crippen molar-refractivity contribution < 1.29 is 19.4 Å². The van der Waals surface area contributed by atoms with Crippen molar-refractivity contribution in [3.63, 3.8) is 0 Å². The third-order valence-corrected chi connectivity index (χ3v) is 3.91. The molecule has 0 radical (unpaired) electrons. The molecule has 1 rings (SSSR count). The van der Waals surface area contributed by atoms with Crippen molar-refractivity contribution in [2.24, 2.45) is 5.92 Å². The van der Waals surface area contributed by atoms with Crippen molar-refractivity contribution in [2.75, 3.05) is 19.8 Å². The van der Waals surface area contributed by atoms with Gasteiger partial charge in [-0.2, -0.15) is 0 Å². The predicted molar refractivity (Wildman–Crippen MR) is 97.5 cm³/mol. The van der Waals surface area contributed by atoms with Crippen LogP contribution in [0.3, 0.4) is 0 Å². The van der Waals surface area contributed by atoms with Crippen LogP contribution < -0.4 is 15.4 Å². The van der Waals surface area contributed by atoms with Gasteiger partial charge >= 0.3 is 0 Å². The van der Waals surface area contributed by atoms with E-state index < -0.39 is 6.04 Å². The maximum absolute atomic E-state index is 12.1. The average molecular weight is 350 g/mol. The van der Waals surface area contributed by atoms with Gasteiger partial charge in [0.1, 0.15) is 11.8 Å². The second-order valence-electron chi connectivity index (χ2n) is 6.56. The van der Waals surface area contributed by atoms with Gasteiger partial charge in [-0.3, -0.25) is 9.59 Å². The number of hydrogen-bond acceptors (Lipinski definition) is 4. The highest BCUT2D eigenvalue weighted by molar-refractivity contribution is 5.87. The Kier molecular flexibility index (Phi) is 8.99. The highest BCUT2D eigenvalue weighted by Crippen LogP contribution is 2.20. The van der Waals surface area contributed by atoms with Crippen molar-refractivity contribution in [3.8, 4) is 5.75 Å². The summed E-state index contributed by atoms with van der Waals surface area (Å²) in [4.78, 5) is 24.2. The number of aliphatic hydroxyl groups is 1. The molecule has 1 atom stereocenters. The lowest BCUT2D eigenvalue weighted by Gasteiger charge is -2.20. The molecule has 0 saturated heterocycles. The fourth-order valence-electron chi connectivity index (χ4n) is 2.41. The van der Waals surface area contributed by atoms with E-state index in [1.807, 2.05) is 45.9 Å². The van der Waals surface area contributed by atoms with Crippen molar-refractivity contribution in [3.05, 3.63) is 29.3 Å². The molecule has 0 bridgehead atoms. The minimum absolute atomic E-state index is 0.127. The van der Waals surface area contributed by atoms with E-state index in [4.69, 9.17) is 9.84 Å². The van der Waals surface area contributed by atoms with Crippen molar-refractivity contribution in [1.29, 1.82) is 0 Å². The lowest BCUT2D eigenvalue weighted by Crippen LogP contribution is -2.48. The van der Waals surface area contributed by atoms with Crippen LogP contribution in [0.25, 0.3) is 0 Å². The first kappa shape index (κ1) is 21.0. The van der Waals surface area contributed by atoms with E-state index in [2.05, 4.69) is 10.6 Å². The highest BCUT2D eigenvalue weighted by Gasteiger charge is 2.21. The zero-order valence-electron chi connectivity index (χ0n) is 15.6. The molecule has 0 aliphatic rings. The van der Waals surface area contributed by atoms with Crippen LogP contribution in [0.1, 0.15) is 37.8 Å². The summed E-state index contributed by atoms with van der Waals surface area (Å²) in [5.41, 5.74) is 2.20. The van der Waals surface area contributed by atoms with E-state index in [1.165, 1.54) is 0 Å². The fraction of sp³-hybridized carbons (Fsp3) is 0.579. The summed E-state index contributed by atoms with van der Waals surface area (Å²) in [6, 6.07) is 5.21. The van der Waals surface area contributed by atoms with Gasteiger partial charge in [0.15, 0.2) is 0 Å². The van der Waals surface area contributed by atoms with Gasteiger partial charge < -0.3 is 20.5 Å². The monoisotopic (exact) mass is 350 g/mol. The first-order chi connectivity index (χ1) is 11.8. The summed E-state index contributed by atoms with van der Waals surface area (Å²) in [7, 11) is 0. The molecule has 25 heavy (non-hydrogen) atoms. The number of carbonyl (C=O) groups is 2. The van der Waals surface area contributed by atoms with E-state index in [9.17, 15) is 9.59 Å². The van der Waals surface area contributed by atoms with Crippen molar-refractivity contribution in [2.45, 2.75) is 46.6 Å². The third kappa shape index (κ3) is 7.56. The second kappa shape index (κ2) is 10.7. The zero-order valence-corrected chi connectivity index (χ0v) is 15.6. The van der Waals surface area contributed by atoms with Gasteiger partial charge in [-0.15, -0.1) is 0 Å². The van der Waals surface area contributed by atoms with Crippen LogP contribution in [-0.2, 0) is 9.59 Å². The molecule has 1 aromatic carbocycles. The summed E-state index contributed by atoms with van der Waals surface area (Å²) < 4.78 is 5.68. The summed E-state index contributed by atoms with van der Waals surface area (Å²) in [5, 5.41) is 14.2. The van der Waals surface area contributed by atoms with Crippen LogP contribution in [-0.4, -0.2) is 42.7 Å². The number of rotatable bonds is 10. The van der Waals surface area contributed by atoms with E-state index in [-0.39, 0.29) is 43.9 Å². The number of carbonyl (C=O) groups excluding carboxylic acids is 2. The van der Waals surface area contributed by atoms with E-state index in [0.29, 0.717) is 6.42 Å². The number of nitrogens with one attached hydrogen (secondary N) is 2. The lowest BCUT2D eigenvalue weighted by molar-refractivity contribution is -0.129. The topological polar surface area (TPSA) is 87.7 Å². The summed E-state index contributed by atoms with van der Waals surface area (Å²) in [6.45, 7) is 8.27. The molecule has 0 heterocycles. The summed E-state index contributed by atoms with van der Waals surface area (Å²) >= 11 is 0. The molecule has 0 fully saturated rings. The van der Waals surface area contributed by atoms with Crippen LogP contribution >= 0.6 is 0 Å². The van der Waals surface area contributed by atoms with Crippen molar-refractivity contribution >= 4 is 11.8 Å². The molecule has 1 aromatic rings. The zero-order chi connectivity index (χ0) is 18.8. The van der Waals surface area contributed by atoms with Gasteiger partial charge in [-0.1, -0.05) is 26.0 Å². The number of benzene rings is 1. The number of hydrogen-bond donors (Lipinski definition) is 3. The average Bonchev–Trinajstić information content (AvgIpc) is 2.55.